The normalized spacial score (nSPS) is 15.1. The predicted molar refractivity (Wildman–Crippen MR) is 136 cm³/mol. The number of hydrogen-bond donors (Lipinski definition) is 1. The van der Waals surface area contributed by atoms with Gasteiger partial charge in [0.15, 0.2) is 0 Å². The van der Waals surface area contributed by atoms with Crippen LogP contribution >= 0.6 is 15.9 Å². The Morgan fingerprint density at radius 3 is 2.46 bits per heavy atom. The van der Waals surface area contributed by atoms with Crippen LogP contribution in [0.15, 0.2) is 57.9 Å². The molecule has 0 aliphatic carbocycles. The van der Waals surface area contributed by atoms with Crippen molar-refractivity contribution in [2.24, 2.45) is 5.92 Å². The lowest BCUT2D eigenvalue weighted by Crippen LogP contribution is -2.48. The van der Waals surface area contributed by atoms with Gasteiger partial charge in [-0.2, -0.15) is 0 Å². The zero-order valence-electron chi connectivity index (χ0n) is 20.0. The van der Waals surface area contributed by atoms with Gasteiger partial charge < -0.3 is 10.2 Å². The van der Waals surface area contributed by atoms with Crippen LogP contribution < -0.4 is 5.32 Å². The smallest absolute Gasteiger partial charge is 0.269 e. The quantitative estimate of drug-likeness (QED) is 0.476. The molecule has 1 heterocycles. The minimum atomic E-state index is -3.92. The number of halogens is 1. The van der Waals surface area contributed by atoms with Gasteiger partial charge in [0.1, 0.15) is 10.9 Å². The number of hydrogen-bond acceptors (Lipinski definition) is 5. The average Bonchev–Trinajstić information content (AvgIpc) is 3.01. The summed E-state index contributed by atoms with van der Waals surface area (Å²) in [5.74, 6) is -0.863. The van der Waals surface area contributed by atoms with E-state index < -0.39 is 22.0 Å². The van der Waals surface area contributed by atoms with E-state index in [1.54, 1.807) is 19.1 Å². The maximum atomic E-state index is 13.2. The SMILES string of the molecule is CC(C)CNC(=O)C(C)N(Cc1cccc(Br)c1)C(=O)CCCN1C(=O)c2ccccc2S1(=O)=O. The average molecular weight is 565 g/mol. The summed E-state index contributed by atoms with van der Waals surface area (Å²) in [7, 11) is -3.92. The molecule has 0 saturated heterocycles. The lowest BCUT2D eigenvalue weighted by atomic mass is 10.1. The highest BCUT2D eigenvalue weighted by Crippen LogP contribution is 2.30. The topological polar surface area (TPSA) is 104 Å². The molecule has 188 valence electrons. The van der Waals surface area contributed by atoms with Gasteiger partial charge in [0.25, 0.3) is 15.9 Å². The highest BCUT2D eigenvalue weighted by Gasteiger charge is 2.40. The molecule has 2 aromatic rings. The molecule has 10 heteroatoms. The van der Waals surface area contributed by atoms with Crippen LogP contribution in [0.3, 0.4) is 0 Å². The first kappa shape index (κ1) is 26.9. The Morgan fingerprint density at radius 1 is 1.09 bits per heavy atom. The number of fused-ring (bicyclic) bond motifs is 1. The van der Waals surface area contributed by atoms with Crippen molar-refractivity contribution in [3.8, 4) is 0 Å². The molecule has 3 rings (SSSR count). The fourth-order valence-corrected chi connectivity index (χ4v) is 5.89. The third kappa shape index (κ3) is 6.29. The van der Waals surface area contributed by atoms with Gasteiger partial charge in [0, 0.05) is 30.5 Å². The Balaban J connectivity index is 1.70. The first-order chi connectivity index (χ1) is 16.5. The van der Waals surface area contributed by atoms with E-state index in [9.17, 15) is 22.8 Å². The Kier molecular flexibility index (Phi) is 8.71. The Hall–Kier alpha value is -2.72. The molecular weight excluding hydrogens is 534 g/mol. The number of carbonyl (C=O) groups is 3. The molecule has 1 aliphatic rings. The third-order valence-electron chi connectivity index (χ3n) is 5.76. The largest absolute Gasteiger partial charge is 0.354 e. The standard InChI is InChI=1S/C25H30BrN3O5S/c1-17(2)15-27-24(31)18(3)28(16-19-8-6-9-20(26)14-19)23(30)12-7-13-29-25(32)21-10-4-5-11-22(21)35(29,33)34/h4-6,8-11,14,17-18H,7,12-13,15-16H2,1-3H3,(H,27,31). The summed E-state index contributed by atoms with van der Waals surface area (Å²) in [4.78, 5) is 40.1. The maximum Gasteiger partial charge on any atom is 0.269 e. The first-order valence-corrected chi connectivity index (χ1v) is 13.7. The minimum absolute atomic E-state index is 0.00848. The summed E-state index contributed by atoms with van der Waals surface area (Å²) in [6.07, 6.45) is 0.137. The number of nitrogens with one attached hydrogen (secondary N) is 1. The summed E-state index contributed by atoms with van der Waals surface area (Å²) in [6.45, 7) is 6.26. The van der Waals surface area contributed by atoms with E-state index in [0.29, 0.717) is 6.54 Å². The van der Waals surface area contributed by atoms with Gasteiger partial charge in [-0.3, -0.25) is 14.4 Å². The second kappa shape index (κ2) is 11.3. The van der Waals surface area contributed by atoms with Crippen LogP contribution in [-0.4, -0.2) is 54.5 Å². The van der Waals surface area contributed by atoms with Crippen molar-refractivity contribution in [1.29, 1.82) is 0 Å². The second-order valence-corrected chi connectivity index (χ2v) is 11.7. The minimum Gasteiger partial charge on any atom is -0.354 e. The highest BCUT2D eigenvalue weighted by molar-refractivity contribution is 9.10. The molecule has 3 amide bonds. The van der Waals surface area contributed by atoms with Gasteiger partial charge >= 0.3 is 0 Å². The molecule has 1 aliphatic heterocycles. The first-order valence-electron chi connectivity index (χ1n) is 11.5. The van der Waals surface area contributed by atoms with Gasteiger partial charge in [-0.1, -0.05) is 54.0 Å². The molecular formula is C25H30BrN3O5S. The summed E-state index contributed by atoms with van der Waals surface area (Å²) in [6, 6.07) is 12.8. The van der Waals surface area contributed by atoms with Crippen LogP contribution in [0, 0.1) is 5.92 Å². The summed E-state index contributed by atoms with van der Waals surface area (Å²) >= 11 is 3.43. The number of carbonyl (C=O) groups excluding carboxylic acids is 3. The number of nitrogens with zero attached hydrogens (tertiary/aromatic N) is 2. The molecule has 1 atom stereocenters. The molecule has 0 bridgehead atoms. The summed E-state index contributed by atoms with van der Waals surface area (Å²) < 4.78 is 27.2. The van der Waals surface area contributed by atoms with E-state index in [1.165, 1.54) is 17.0 Å². The van der Waals surface area contributed by atoms with Crippen molar-refractivity contribution >= 4 is 43.7 Å². The van der Waals surface area contributed by atoms with Gasteiger partial charge in [0.05, 0.1) is 5.56 Å². The van der Waals surface area contributed by atoms with Crippen molar-refractivity contribution in [3.63, 3.8) is 0 Å². The molecule has 0 saturated carbocycles. The van der Waals surface area contributed by atoms with Crippen molar-refractivity contribution in [3.05, 3.63) is 64.1 Å². The van der Waals surface area contributed by atoms with Gasteiger partial charge in [-0.25, -0.2) is 12.7 Å². The molecule has 8 nitrogen and oxygen atoms in total. The van der Waals surface area contributed by atoms with Gasteiger partial charge in [-0.15, -0.1) is 0 Å². The van der Waals surface area contributed by atoms with Crippen LogP contribution in [0.1, 0.15) is 49.5 Å². The zero-order valence-corrected chi connectivity index (χ0v) is 22.4. The molecule has 0 aromatic heterocycles. The van der Waals surface area contributed by atoms with E-state index in [1.807, 2.05) is 38.1 Å². The second-order valence-electron chi connectivity index (χ2n) is 8.95. The number of sulfonamides is 1. The van der Waals surface area contributed by atoms with Crippen molar-refractivity contribution in [2.45, 2.75) is 51.1 Å². The molecule has 2 aromatic carbocycles. The Labute approximate surface area is 214 Å². The van der Waals surface area contributed by atoms with Crippen LogP contribution in [0.5, 0.6) is 0 Å². The molecule has 0 radical (unpaired) electrons. The summed E-state index contributed by atoms with van der Waals surface area (Å²) in [5.41, 5.74) is 0.995. The lowest BCUT2D eigenvalue weighted by molar-refractivity contribution is -0.140. The van der Waals surface area contributed by atoms with Gasteiger partial charge in [0.2, 0.25) is 11.8 Å². The predicted octanol–water partition coefficient (Wildman–Crippen LogP) is 3.56. The van der Waals surface area contributed by atoms with E-state index in [-0.39, 0.29) is 54.1 Å². The van der Waals surface area contributed by atoms with Crippen LogP contribution in [0.2, 0.25) is 0 Å². The molecule has 35 heavy (non-hydrogen) atoms. The van der Waals surface area contributed by atoms with Crippen molar-refractivity contribution < 1.29 is 22.8 Å². The number of amides is 3. The Morgan fingerprint density at radius 2 is 1.80 bits per heavy atom. The van der Waals surface area contributed by atoms with E-state index in [2.05, 4.69) is 21.2 Å². The lowest BCUT2D eigenvalue weighted by Gasteiger charge is -2.29. The number of benzene rings is 2. The molecule has 1 N–H and O–H groups in total. The maximum absolute atomic E-state index is 13.2. The van der Waals surface area contributed by atoms with Crippen molar-refractivity contribution in [1.82, 2.24) is 14.5 Å². The monoisotopic (exact) mass is 563 g/mol. The zero-order chi connectivity index (χ0) is 25.8. The van der Waals surface area contributed by atoms with Crippen molar-refractivity contribution in [2.75, 3.05) is 13.1 Å². The third-order valence-corrected chi connectivity index (χ3v) is 8.09. The molecule has 0 spiro atoms. The Bertz CT molecular complexity index is 1220. The molecule has 0 fully saturated rings. The van der Waals surface area contributed by atoms with Gasteiger partial charge in [-0.05, 0) is 49.1 Å². The van der Waals surface area contributed by atoms with Crippen LogP contribution in [0.4, 0.5) is 0 Å². The number of rotatable bonds is 10. The van der Waals surface area contributed by atoms with E-state index in [0.717, 1.165) is 14.3 Å². The fourth-order valence-electron chi connectivity index (χ4n) is 3.84. The summed E-state index contributed by atoms with van der Waals surface area (Å²) in [5, 5.41) is 2.87. The fraction of sp³-hybridized carbons (Fsp3) is 0.400. The van der Waals surface area contributed by atoms with Crippen LogP contribution in [0.25, 0.3) is 0 Å². The van der Waals surface area contributed by atoms with Crippen LogP contribution in [-0.2, 0) is 26.2 Å². The van der Waals surface area contributed by atoms with E-state index in [4.69, 9.17) is 0 Å². The highest BCUT2D eigenvalue weighted by atomic mass is 79.9. The van der Waals surface area contributed by atoms with E-state index >= 15 is 0 Å². The molecule has 1 unspecified atom stereocenters.